The lowest BCUT2D eigenvalue weighted by molar-refractivity contribution is -0.116. The lowest BCUT2D eigenvalue weighted by Crippen LogP contribution is -2.16. The molecule has 3 aromatic rings. The Morgan fingerprint density at radius 2 is 2.29 bits per heavy atom. The number of H-pyrrole nitrogens is 1. The SMILES string of the molecule is O=C(CCn1cnc2ccccc21)Nc1cn[nH]c1C1CCNC1. The van der Waals surface area contributed by atoms with E-state index >= 15 is 0 Å². The van der Waals surface area contributed by atoms with Crippen LogP contribution < -0.4 is 10.6 Å². The highest BCUT2D eigenvalue weighted by Crippen LogP contribution is 2.26. The highest BCUT2D eigenvalue weighted by molar-refractivity contribution is 5.91. The predicted octanol–water partition coefficient (Wildman–Crippen LogP) is 1.87. The van der Waals surface area contributed by atoms with Crippen molar-refractivity contribution in [2.24, 2.45) is 0 Å². The third-order valence-corrected chi connectivity index (χ3v) is 4.52. The maximum atomic E-state index is 12.3. The van der Waals surface area contributed by atoms with Crippen molar-refractivity contribution in [1.29, 1.82) is 0 Å². The molecule has 24 heavy (non-hydrogen) atoms. The molecular weight excluding hydrogens is 304 g/mol. The van der Waals surface area contributed by atoms with Gasteiger partial charge in [-0.1, -0.05) is 12.1 Å². The zero-order valence-electron chi connectivity index (χ0n) is 13.3. The number of hydrogen-bond acceptors (Lipinski definition) is 4. The van der Waals surface area contributed by atoms with E-state index in [0.717, 1.165) is 41.9 Å². The van der Waals surface area contributed by atoms with Gasteiger partial charge < -0.3 is 15.2 Å². The van der Waals surface area contributed by atoms with Crippen LogP contribution in [0.25, 0.3) is 11.0 Å². The minimum Gasteiger partial charge on any atom is -0.330 e. The van der Waals surface area contributed by atoms with Crippen LogP contribution in [0, 0.1) is 0 Å². The molecule has 1 amide bonds. The van der Waals surface area contributed by atoms with Gasteiger partial charge in [-0.25, -0.2) is 4.98 Å². The molecule has 0 bridgehead atoms. The first-order valence-corrected chi connectivity index (χ1v) is 8.25. The van der Waals surface area contributed by atoms with Crippen LogP contribution in [0.4, 0.5) is 5.69 Å². The van der Waals surface area contributed by atoms with Crippen molar-refractivity contribution in [2.45, 2.75) is 25.3 Å². The molecule has 2 aromatic heterocycles. The molecule has 1 saturated heterocycles. The number of para-hydroxylation sites is 2. The summed E-state index contributed by atoms with van der Waals surface area (Å²) in [5, 5.41) is 13.4. The Morgan fingerprint density at radius 3 is 3.17 bits per heavy atom. The molecular formula is C17H20N6O. The van der Waals surface area contributed by atoms with Crippen LogP contribution in [-0.2, 0) is 11.3 Å². The van der Waals surface area contributed by atoms with Crippen molar-refractivity contribution in [3.8, 4) is 0 Å². The molecule has 0 spiro atoms. The van der Waals surface area contributed by atoms with Gasteiger partial charge in [0.25, 0.3) is 0 Å². The fourth-order valence-electron chi connectivity index (χ4n) is 3.23. The largest absolute Gasteiger partial charge is 0.330 e. The van der Waals surface area contributed by atoms with E-state index in [1.807, 2.05) is 28.8 Å². The standard InChI is InChI=1S/C17H20N6O/c24-16(6-8-23-11-19-13-3-1-2-4-15(13)23)21-14-10-20-22-17(14)12-5-7-18-9-12/h1-4,10-12,18H,5-9H2,(H,20,22)(H,21,24). The van der Waals surface area contributed by atoms with Gasteiger partial charge in [-0.3, -0.25) is 9.89 Å². The number of hydrogen-bond donors (Lipinski definition) is 3. The van der Waals surface area contributed by atoms with E-state index in [-0.39, 0.29) is 5.91 Å². The Bertz CT molecular complexity index is 846. The molecule has 0 aliphatic carbocycles. The molecule has 1 unspecified atom stereocenters. The summed E-state index contributed by atoms with van der Waals surface area (Å²) in [6, 6.07) is 7.93. The summed E-state index contributed by atoms with van der Waals surface area (Å²) in [4.78, 5) is 16.7. The van der Waals surface area contributed by atoms with Crippen molar-refractivity contribution in [3.05, 3.63) is 42.5 Å². The third-order valence-electron chi connectivity index (χ3n) is 4.52. The number of fused-ring (bicyclic) bond motifs is 1. The second-order valence-electron chi connectivity index (χ2n) is 6.11. The van der Waals surface area contributed by atoms with Gasteiger partial charge in [-0.15, -0.1) is 0 Å². The molecule has 4 rings (SSSR count). The molecule has 7 nitrogen and oxygen atoms in total. The van der Waals surface area contributed by atoms with E-state index in [4.69, 9.17) is 0 Å². The number of rotatable bonds is 5. The van der Waals surface area contributed by atoms with Crippen molar-refractivity contribution in [1.82, 2.24) is 25.1 Å². The summed E-state index contributed by atoms with van der Waals surface area (Å²) in [5.41, 5.74) is 3.81. The molecule has 1 atom stereocenters. The smallest absolute Gasteiger partial charge is 0.226 e. The molecule has 1 fully saturated rings. The third kappa shape index (κ3) is 2.90. The van der Waals surface area contributed by atoms with E-state index in [1.165, 1.54) is 0 Å². The van der Waals surface area contributed by atoms with Crippen molar-refractivity contribution in [3.63, 3.8) is 0 Å². The maximum Gasteiger partial charge on any atom is 0.226 e. The highest BCUT2D eigenvalue weighted by Gasteiger charge is 2.22. The van der Waals surface area contributed by atoms with Crippen LogP contribution in [-0.4, -0.2) is 38.7 Å². The lowest BCUT2D eigenvalue weighted by Gasteiger charge is -2.10. The van der Waals surface area contributed by atoms with Crippen LogP contribution in [0.5, 0.6) is 0 Å². The topological polar surface area (TPSA) is 87.6 Å². The molecule has 1 aliphatic heterocycles. The van der Waals surface area contributed by atoms with Gasteiger partial charge in [-0.2, -0.15) is 5.10 Å². The molecule has 0 saturated carbocycles. The van der Waals surface area contributed by atoms with Crippen LogP contribution in [0.3, 0.4) is 0 Å². The summed E-state index contributed by atoms with van der Waals surface area (Å²) < 4.78 is 2.01. The number of anilines is 1. The van der Waals surface area contributed by atoms with Gasteiger partial charge in [0.05, 0.1) is 34.9 Å². The number of benzene rings is 1. The highest BCUT2D eigenvalue weighted by atomic mass is 16.1. The fraction of sp³-hybridized carbons (Fsp3) is 0.353. The van der Waals surface area contributed by atoms with Crippen LogP contribution >= 0.6 is 0 Å². The van der Waals surface area contributed by atoms with Crippen molar-refractivity contribution >= 4 is 22.6 Å². The number of nitrogens with zero attached hydrogens (tertiary/aromatic N) is 3. The van der Waals surface area contributed by atoms with Gasteiger partial charge in [0.15, 0.2) is 0 Å². The number of amides is 1. The van der Waals surface area contributed by atoms with Gasteiger partial charge in [0.1, 0.15) is 0 Å². The van der Waals surface area contributed by atoms with E-state index in [1.54, 1.807) is 12.5 Å². The maximum absolute atomic E-state index is 12.3. The summed E-state index contributed by atoms with van der Waals surface area (Å²) in [5.74, 6) is 0.377. The van der Waals surface area contributed by atoms with Crippen LogP contribution in [0.15, 0.2) is 36.8 Å². The zero-order chi connectivity index (χ0) is 16.4. The molecule has 124 valence electrons. The molecule has 0 radical (unpaired) electrons. The normalized spacial score (nSPS) is 17.4. The number of imidazole rings is 1. The van der Waals surface area contributed by atoms with Gasteiger partial charge in [0.2, 0.25) is 5.91 Å². The quantitative estimate of drug-likeness (QED) is 0.668. The second kappa shape index (κ2) is 6.45. The Labute approximate surface area is 139 Å². The summed E-state index contributed by atoms with van der Waals surface area (Å²) in [6.45, 7) is 2.53. The monoisotopic (exact) mass is 324 g/mol. The van der Waals surface area contributed by atoms with Crippen molar-refractivity contribution < 1.29 is 4.79 Å². The lowest BCUT2D eigenvalue weighted by atomic mass is 10.0. The first kappa shape index (κ1) is 14.9. The minimum atomic E-state index is -0.0126. The Morgan fingerprint density at radius 1 is 1.38 bits per heavy atom. The number of carbonyl (C=O) groups is 1. The average Bonchev–Trinajstić information content (AvgIpc) is 3.33. The Balaban J connectivity index is 1.40. The molecule has 3 heterocycles. The first-order valence-electron chi connectivity index (χ1n) is 8.25. The summed E-state index contributed by atoms with van der Waals surface area (Å²) in [6.07, 6.45) is 4.93. The number of aryl methyl sites for hydroxylation is 1. The van der Waals surface area contributed by atoms with E-state index in [2.05, 4.69) is 25.8 Å². The number of nitrogens with one attached hydrogen (secondary N) is 3. The Hall–Kier alpha value is -2.67. The van der Waals surface area contributed by atoms with E-state index in [9.17, 15) is 4.79 Å². The first-order chi connectivity index (χ1) is 11.8. The number of aromatic nitrogens is 4. The fourth-order valence-corrected chi connectivity index (χ4v) is 3.23. The molecule has 1 aliphatic rings. The Kier molecular flexibility index (Phi) is 4.00. The van der Waals surface area contributed by atoms with Gasteiger partial charge >= 0.3 is 0 Å². The van der Waals surface area contributed by atoms with Gasteiger partial charge in [-0.05, 0) is 25.1 Å². The average molecular weight is 324 g/mol. The molecule has 7 heteroatoms. The van der Waals surface area contributed by atoms with Crippen LogP contribution in [0.2, 0.25) is 0 Å². The summed E-state index contributed by atoms with van der Waals surface area (Å²) in [7, 11) is 0. The molecule has 1 aromatic carbocycles. The molecule has 3 N–H and O–H groups in total. The number of aromatic amines is 1. The van der Waals surface area contributed by atoms with Crippen LogP contribution in [0.1, 0.15) is 24.5 Å². The van der Waals surface area contributed by atoms with Crippen molar-refractivity contribution in [2.75, 3.05) is 18.4 Å². The van der Waals surface area contributed by atoms with E-state index in [0.29, 0.717) is 18.9 Å². The number of carbonyl (C=O) groups excluding carboxylic acids is 1. The summed E-state index contributed by atoms with van der Waals surface area (Å²) >= 11 is 0. The van der Waals surface area contributed by atoms with E-state index < -0.39 is 0 Å². The minimum absolute atomic E-state index is 0.0126. The predicted molar refractivity (Wildman–Crippen MR) is 91.8 cm³/mol. The van der Waals surface area contributed by atoms with Gasteiger partial charge in [0, 0.05) is 25.4 Å². The zero-order valence-corrected chi connectivity index (χ0v) is 13.3. The second-order valence-corrected chi connectivity index (χ2v) is 6.11.